The largest absolute Gasteiger partial charge is 0.465 e. The van der Waals surface area contributed by atoms with Crippen LogP contribution in [0.4, 0.5) is 22.9 Å². The Labute approximate surface area is 185 Å². The van der Waals surface area contributed by atoms with E-state index in [2.05, 4.69) is 25.6 Å². The topological polar surface area (TPSA) is 101 Å². The van der Waals surface area contributed by atoms with Crippen molar-refractivity contribution in [2.24, 2.45) is 13.0 Å². The summed E-state index contributed by atoms with van der Waals surface area (Å²) in [5.41, 5.74) is 5.70. The second kappa shape index (κ2) is 7.67. The zero-order valence-electron chi connectivity index (χ0n) is 18.2. The summed E-state index contributed by atoms with van der Waals surface area (Å²) >= 11 is 0. The third kappa shape index (κ3) is 3.55. The Hall–Kier alpha value is -3.88. The van der Waals surface area contributed by atoms with E-state index in [1.807, 2.05) is 43.2 Å². The number of carbonyl (C=O) groups is 2. The predicted octanol–water partition coefficient (Wildman–Crippen LogP) is 3.31. The molecule has 2 N–H and O–H groups in total. The van der Waals surface area contributed by atoms with Gasteiger partial charge in [0.05, 0.1) is 29.9 Å². The summed E-state index contributed by atoms with van der Waals surface area (Å²) in [6.45, 7) is 0.720. The number of nitrogens with zero attached hydrogens (tertiary/aromatic N) is 4. The van der Waals surface area contributed by atoms with Crippen molar-refractivity contribution in [3.05, 3.63) is 47.8 Å². The van der Waals surface area contributed by atoms with Gasteiger partial charge in [-0.15, -0.1) is 0 Å². The molecule has 1 aliphatic heterocycles. The van der Waals surface area contributed by atoms with Crippen LogP contribution in [0.1, 0.15) is 28.8 Å². The van der Waals surface area contributed by atoms with Crippen molar-refractivity contribution in [1.82, 2.24) is 14.8 Å². The monoisotopic (exact) mass is 432 g/mol. The van der Waals surface area contributed by atoms with E-state index >= 15 is 0 Å². The maximum atomic E-state index is 12.4. The fourth-order valence-corrected chi connectivity index (χ4v) is 4.08. The van der Waals surface area contributed by atoms with Gasteiger partial charge in [-0.3, -0.25) is 9.48 Å². The summed E-state index contributed by atoms with van der Waals surface area (Å²) in [6.07, 6.45) is 5.25. The SMILES string of the molecule is COC(=O)c1cnc(NC(=O)C2CC2)cc1Nc1cccc2c1N(C)Cc1cn(C)nc1-2. The van der Waals surface area contributed by atoms with Gasteiger partial charge in [0.25, 0.3) is 0 Å². The van der Waals surface area contributed by atoms with Crippen molar-refractivity contribution in [1.29, 1.82) is 0 Å². The van der Waals surface area contributed by atoms with Crippen molar-refractivity contribution < 1.29 is 14.3 Å². The lowest BCUT2D eigenvalue weighted by Crippen LogP contribution is -2.22. The van der Waals surface area contributed by atoms with E-state index in [1.165, 1.54) is 13.3 Å². The molecule has 1 saturated carbocycles. The van der Waals surface area contributed by atoms with E-state index < -0.39 is 5.97 Å². The summed E-state index contributed by atoms with van der Waals surface area (Å²) < 4.78 is 6.76. The summed E-state index contributed by atoms with van der Waals surface area (Å²) in [7, 11) is 5.27. The number of para-hydroxylation sites is 1. The minimum absolute atomic E-state index is 0.0474. The highest BCUT2D eigenvalue weighted by molar-refractivity contribution is 6.00. The molecule has 32 heavy (non-hydrogen) atoms. The Morgan fingerprint density at radius 2 is 2.00 bits per heavy atom. The van der Waals surface area contributed by atoms with E-state index in [9.17, 15) is 9.59 Å². The summed E-state index contributed by atoms with van der Waals surface area (Å²) in [5.74, 6) is -0.114. The van der Waals surface area contributed by atoms with Crippen LogP contribution >= 0.6 is 0 Å². The van der Waals surface area contributed by atoms with E-state index in [0.717, 1.165) is 47.6 Å². The zero-order chi connectivity index (χ0) is 22.4. The van der Waals surface area contributed by atoms with Crippen LogP contribution in [0.15, 0.2) is 36.7 Å². The molecule has 0 saturated heterocycles. The first-order valence-electron chi connectivity index (χ1n) is 10.5. The number of carbonyl (C=O) groups excluding carboxylic acids is 2. The number of pyridine rings is 1. The highest BCUT2D eigenvalue weighted by atomic mass is 16.5. The number of aromatic nitrogens is 3. The first-order valence-corrected chi connectivity index (χ1v) is 10.5. The van der Waals surface area contributed by atoms with Crippen LogP contribution in [0, 0.1) is 5.92 Å². The van der Waals surface area contributed by atoms with Crippen molar-refractivity contribution >= 4 is 34.8 Å². The summed E-state index contributed by atoms with van der Waals surface area (Å²) in [4.78, 5) is 31.0. The van der Waals surface area contributed by atoms with Crippen molar-refractivity contribution in [2.75, 3.05) is 29.7 Å². The van der Waals surface area contributed by atoms with Gasteiger partial charge in [-0.1, -0.05) is 12.1 Å². The normalized spacial score (nSPS) is 14.4. The van der Waals surface area contributed by atoms with Crippen molar-refractivity contribution in [2.45, 2.75) is 19.4 Å². The average molecular weight is 432 g/mol. The lowest BCUT2D eigenvalue weighted by molar-refractivity contribution is -0.117. The number of amides is 1. The van der Waals surface area contributed by atoms with Gasteiger partial charge in [0, 0.05) is 56.1 Å². The van der Waals surface area contributed by atoms with E-state index in [4.69, 9.17) is 4.74 Å². The fraction of sp³-hybridized carbons (Fsp3) is 0.304. The molecule has 0 unspecified atom stereocenters. The van der Waals surface area contributed by atoms with Crippen LogP contribution in [-0.4, -0.2) is 40.8 Å². The molecule has 0 spiro atoms. The number of aryl methyl sites for hydroxylation is 1. The first kappa shape index (κ1) is 20.0. The van der Waals surface area contributed by atoms with Crippen LogP contribution in [0.2, 0.25) is 0 Å². The molecule has 0 bridgehead atoms. The van der Waals surface area contributed by atoms with Crippen LogP contribution in [0.5, 0.6) is 0 Å². The molecule has 9 heteroatoms. The summed E-state index contributed by atoms with van der Waals surface area (Å²) in [5, 5.41) is 10.8. The Morgan fingerprint density at radius 1 is 1.19 bits per heavy atom. The van der Waals surface area contributed by atoms with Crippen LogP contribution in [0.25, 0.3) is 11.3 Å². The molecule has 0 radical (unpaired) electrons. The number of nitrogens with one attached hydrogen (secondary N) is 2. The predicted molar refractivity (Wildman–Crippen MR) is 121 cm³/mol. The van der Waals surface area contributed by atoms with Gasteiger partial charge in [-0.05, 0) is 18.9 Å². The van der Waals surface area contributed by atoms with Crippen LogP contribution < -0.4 is 15.5 Å². The molecule has 3 aromatic rings. The number of benzene rings is 1. The Kier molecular flexibility index (Phi) is 4.80. The number of hydrogen-bond donors (Lipinski definition) is 2. The van der Waals surface area contributed by atoms with Gasteiger partial charge in [0.1, 0.15) is 11.4 Å². The Morgan fingerprint density at radius 3 is 2.75 bits per heavy atom. The molecule has 9 nitrogen and oxygen atoms in total. The van der Waals surface area contributed by atoms with Gasteiger partial charge >= 0.3 is 5.97 Å². The minimum Gasteiger partial charge on any atom is -0.465 e. The number of rotatable bonds is 5. The van der Waals surface area contributed by atoms with Crippen molar-refractivity contribution in [3.63, 3.8) is 0 Å². The van der Waals surface area contributed by atoms with E-state index in [0.29, 0.717) is 11.5 Å². The van der Waals surface area contributed by atoms with E-state index in [-0.39, 0.29) is 17.4 Å². The standard InChI is InChI=1S/C23H24N6O3/c1-28-11-14-12-29(2)27-20(14)15-5-4-6-17(21(15)28)25-18-9-19(26-22(30)13-7-8-13)24-10-16(18)23(31)32-3/h4-6,9-10,12-13H,7-8,11H2,1-3H3,(H2,24,25,26,30). The molecular weight excluding hydrogens is 408 g/mol. The van der Waals surface area contributed by atoms with Gasteiger partial charge in [0.2, 0.25) is 5.91 Å². The number of esters is 1. The number of fused-ring (bicyclic) bond motifs is 3. The van der Waals surface area contributed by atoms with E-state index in [1.54, 1.807) is 6.07 Å². The molecule has 0 atom stereocenters. The Bertz CT molecular complexity index is 1230. The van der Waals surface area contributed by atoms with Crippen molar-refractivity contribution in [3.8, 4) is 11.3 Å². The third-order valence-electron chi connectivity index (χ3n) is 5.76. The second-order valence-electron chi connectivity index (χ2n) is 8.23. The zero-order valence-corrected chi connectivity index (χ0v) is 18.2. The lowest BCUT2D eigenvalue weighted by Gasteiger charge is -2.29. The van der Waals surface area contributed by atoms with Gasteiger partial charge in [-0.25, -0.2) is 9.78 Å². The number of ether oxygens (including phenoxy) is 1. The average Bonchev–Trinajstić information content (AvgIpc) is 3.56. The molecular formula is C23H24N6O3. The van der Waals surface area contributed by atoms with Gasteiger partial charge in [0.15, 0.2) is 0 Å². The molecule has 1 amide bonds. The fourth-order valence-electron chi connectivity index (χ4n) is 4.08. The number of hydrogen-bond acceptors (Lipinski definition) is 7. The maximum Gasteiger partial charge on any atom is 0.341 e. The first-order chi connectivity index (χ1) is 15.4. The number of anilines is 4. The highest BCUT2D eigenvalue weighted by Gasteiger charge is 2.30. The van der Waals surface area contributed by atoms with Crippen LogP contribution in [0.3, 0.4) is 0 Å². The third-order valence-corrected chi connectivity index (χ3v) is 5.76. The molecule has 3 heterocycles. The van der Waals surface area contributed by atoms with Gasteiger partial charge < -0.3 is 20.3 Å². The van der Waals surface area contributed by atoms with Crippen LogP contribution in [-0.2, 0) is 23.1 Å². The molecule has 5 rings (SSSR count). The maximum absolute atomic E-state index is 12.4. The van der Waals surface area contributed by atoms with Gasteiger partial charge in [-0.2, -0.15) is 5.10 Å². The smallest absolute Gasteiger partial charge is 0.341 e. The molecule has 2 aliphatic rings. The summed E-state index contributed by atoms with van der Waals surface area (Å²) in [6, 6.07) is 7.61. The molecule has 2 aromatic heterocycles. The molecule has 1 aliphatic carbocycles. The highest BCUT2D eigenvalue weighted by Crippen LogP contribution is 2.43. The quantitative estimate of drug-likeness (QED) is 0.597. The number of methoxy groups -OCH3 is 1. The lowest BCUT2D eigenvalue weighted by atomic mass is 9.99. The molecule has 1 fully saturated rings. The molecule has 1 aromatic carbocycles. The Balaban J connectivity index is 1.55. The minimum atomic E-state index is -0.509. The molecule has 164 valence electrons. The second-order valence-corrected chi connectivity index (χ2v) is 8.23.